The van der Waals surface area contributed by atoms with Crippen molar-refractivity contribution in [2.45, 2.75) is 31.7 Å². The molecule has 2 rings (SSSR count). The zero-order valence-corrected chi connectivity index (χ0v) is 10.1. The molecule has 0 saturated heterocycles. The second-order valence-electron chi connectivity index (χ2n) is 4.25. The smallest absolute Gasteiger partial charge is 0.243 e. The van der Waals surface area contributed by atoms with Crippen molar-refractivity contribution in [1.82, 2.24) is 5.32 Å². The Bertz CT molecular complexity index is 352. The van der Waals surface area contributed by atoms with Crippen molar-refractivity contribution >= 4 is 17.2 Å². The quantitative estimate of drug-likeness (QED) is 0.797. The third kappa shape index (κ3) is 2.53. The fourth-order valence-electron chi connectivity index (χ4n) is 2.39. The van der Waals surface area contributed by atoms with Crippen molar-refractivity contribution < 1.29 is 4.79 Å². The molecule has 16 heavy (non-hydrogen) atoms. The van der Waals surface area contributed by atoms with Gasteiger partial charge in [-0.3, -0.25) is 4.79 Å². The van der Waals surface area contributed by atoms with E-state index in [1.54, 1.807) is 11.3 Å². The summed E-state index contributed by atoms with van der Waals surface area (Å²) in [6.07, 6.45) is 6.38. The van der Waals surface area contributed by atoms with Gasteiger partial charge in [0.25, 0.3) is 0 Å². The SMILES string of the molecule is C=CC(=O)NC(c1cccs1)C1CCCC1. The fraction of sp³-hybridized carbons (Fsp3) is 0.462. The monoisotopic (exact) mass is 235 g/mol. The summed E-state index contributed by atoms with van der Waals surface area (Å²) in [4.78, 5) is 12.7. The number of thiophene rings is 1. The van der Waals surface area contributed by atoms with Gasteiger partial charge in [-0.25, -0.2) is 0 Å². The van der Waals surface area contributed by atoms with E-state index in [0.717, 1.165) is 0 Å². The van der Waals surface area contributed by atoms with Gasteiger partial charge in [0.1, 0.15) is 0 Å². The molecule has 86 valence electrons. The first kappa shape index (κ1) is 11.4. The zero-order chi connectivity index (χ0) is 11.4. The lowest BCUT2D eigenvalue weighted by molar-refractivity contribution is -0.117. The molecule has 1 saturated carbocycles. The number of rotatable bonds is 4. The number of amides is 1. The zero-order valence-electron chi connectivity index (χ0n) is 9.32. The molecule has 0 bridgehead atoms. The molecule has 1 aromatic rings. The topological polar surface area (TPSA) is 29.1 Å². The van der Waals surface area contributed by atoms with Crippen LogP contribution in [0.3, 0.4) is 0 Å². The van der Waals surface area contributed by atoms with Crippen LogP contribution >= 0.6 is 11.3 Å². The van der Waals surface area contributed by atoms with Crippen molar-refractivity contribution in [1.29, 1.82) is 0 Å². The van der Waals surface area contributed by atoms with Crippen LogP contribution < -0.4 is 5.32 Å². The molecule has 2 nitrogen and oxygen atoms in total. The van der Waals surface area contributed by atoms with Crippen LogP contribution in [0.4, 0.5) is 0 Å². The molecule has 1 amide bonds. The van der Waals surface area contributed by atoms with Crippen molar-refractivity contribution in [2.75, 3.05) is 0 Å². The molecule has 1 aliphatic carbocycles. The van der Waals surface area contributed by atoms with E-state index in [9.17, 15) is 4.79 Å². The van der Waals surface area contributed by atoms with E-state index in [2.05, 4.69) is 23.3 Å². The second kappa shape index (κ2) is 5.30. The Balaban J connectivity index is 2.12. The number of hydrogen-bond acceptors (Lipinski definition) is 2. The van der Waals surface area contributed by atoms with Crippen molar-refractivity contribution in [2.24, 2.45) is 5.92 Å². The van der Waals surface area contributed by atoms with Gasteiger partial charge in [-0.2, -0.15) is 0 Å². The predicted molar refractivity (Wildman–Crippen MR) is 67.4 cm³/mol. The maximum atomic E-state index is 11.4. The highest BCUT2D eigenvalue weighted by molar-refractivity contribution is 7.10. The van der Waals surface area contributed by atoms with Crippen LogP contribution in [0.5, 0.6) is 0 Å². The Morgan fingerprint density at radius 3 is 2.88 bits per heavy atom. The maximum Gasteiger partial charge on any atom is 0.243 e. The van der Waals surface area contributed by atoms with Crippen LogP contribution in [0.25, 0.3) is 0 Å². The molecular weight excluding hydrogens is 218 g/mol. The summed E-state index contributed by atoms with van der Waals surface area (Å²) >= 11 is 1.72. The third-order valence-corrected chi connectivity index (χ3v) is 4.16. The first-order chi connectivity index (χ1) is 7.81. The lowest BCUT2D eigenvalue weighted by Crippen LogP contribution is -2.30. The summed E-state index contributed by atoms with van der Waals surface area (Å²) in [5.41, 5.74) is 0. The largest absolute Gasteiger partial charge is 0.345 e. The Labute approximate surface area is 100 Å². The lowest BCUT2D eigenvalue weighted by atomic mass is 9.96. The van der Waals surface area contributed by atoms with Crippen LogP contribution in [-0.4, -0.2) is 5.91 Å². The maximum absolute atomic E-state index is 11.4. The third-order valence-electron chi connectivity index (χ3n) is 3.20. The molecule has 1 heterocycles. The molecule has 0 radical (unpaired) electrons. The van der Waals surface area contributed by atoms with E-state index in [-0.39, 0.29) is 11.9 Å². The van der Waals surface area contributed by atoms with Gasteiger partial charge in [-0.05, 0) is 36.3 Å². The average molecular weight is 235 g/mol. The molecule has 1 N–H and O–H groups in total. The summed E-state index contributed by atoms with van der Waals surface area (Å²) in [7, 11) is 0. The number of nitrogens with one attached hydrogen (secondary N) is 1. The van der Waals surface area contributed by atoms with E-state index in [1.807, 2.05) is 6.07 Å². The first-order valence-electron chi connectivity index (χ1n) is 5.77. The van der Waals surface area contributed by atoms with E-state index in [0.29, 0.717) is 5.92 Å². The summed E-state index contributed by atoms with van der Waals surface area (Å²) in [6.45, 7) is 3.51. The second-order valence-corrected chi connectivity index (χ2v) is 5.23. The molecule has 1 fully saturated rings. The minimum Gasteiger partial charge on any atom is -0.345 e. The minimum atomic E-state index is -0.0645. The number of hydrogen-bond donors (Lipinski definition) is 1. The van der Waals surface area contributed by atoms with Gasteiger partial charge in [0.2, 0.25) is 5.91 Å². The van der Waals surface area contributed by atoms with Gasteiger partial charge in [0.15, 0.2) is 0 Å². The molecule has 0 aromatic carbocycles. The molecule has 1 aliphatic rings. The molecule has 3 heteroatoms. The van der Waals surface area contributed by atoms with Crippen molar-refractivity contribution in [3.63, 3.8) is 0 Å². The lowest BCUT2D eigenvalue weighted by Gasteiger charge is -2.23. The highest BCUT2D eigenvalue weighted by Gasteiger charge is 2.27. The van der Waals surface area contributed by atoms with E-state index in [4.69, 9.17) is 0 Å². The van der Waals surface area contributed by atoms with Crippen LogP contribution in [0.15, 0.2) is 30.2 Å². The summed E-state index contributed by atoms with van der Waals surface area (Å²) in [5, 5.41) is 5.13. The van der Waals surface area contributed by atoms with Gasteiger partial charge < -0.3 is 5.32 Å². The van der Waals surface area contributed by atoms with Gasteiger partial charge in [0.05, 0.1) is 6.04 Å². The Morgan fingerprint density at radius 2 is 2.31 bits per heavy atom. The van der Waals surface area contributed by atoms with Gasteiger partial charge in [-0.15, -0.1) is 11.3 Å². The van der Waals surface area contributed by atoms with Crippen LogP contribution in [0, 0.1) is 5.92 Å². The fourth-order valence-corrected chi connectivity index (χ4v) is 3.26. The van der Waals surface area contributed by atoms with E-state index in [1.165, 1.54) is 36.6 Å². The van der Waals surface area contributed by atoms with Crippen molar-refractivity contribution in [3.05, 3.63) is 35.0 Å². The molecule has 1 aromatic heterocycles. The van der Waals surface area contributed by atoms with E-state index >= 15 is 0 Å². The highest BCUT2D eigenvalue weighted by Crippen LogP contribution is 2.37. The van der Waals surface area contributed by atoms with Gasteiger partial charge in [-0.1, -0.05) is 25.5 Å². The molecule has 0 spiro atoms. The Kier molecular flexibility index (Phi) is 3.78. The standard InChI is InChI=1S/C13H17NOS/c1-2-12(15)14-13(10-6-3-4-7-10)11-8-5-9-16-11/h2,5,8-10,13H,1,3-4,6-7H2,(H,14,15). The minimum absolute atomic E-state index is 0.0645. The number of carbonyl (C=O) groups is 1. The average Bonchev–Trinajstić information content (AvgIpc) is 2.97. The number of carbonyl (C=O) groups excluding carboxylic acids is 1. The highest BCUT2D eigenvalue weighted by atomic mass is 32.1. The molecular formula is C13H17NOS. The van der Waals surface area contributed by atoms with Crippen LogP contribution in [0.1, 0.15) is 36.6 Å². The summed E-state index contributed by atoms with van der Waals surface area (Å²) in [6, 6.07) is 4.34. The molecule has 0 aliphatic heterocycles. The van der Waals surface area contributed by atoms with Crippen LogP contribution in [0.2, 0.25) is 0 Å². The van der Waals surface area contributed by atoms with Crippen LogP contribution in [-0.2, 0) is 4.79 Å². The predicted octanol–water partition coefficient (Wildman–Crippen LogP) is 3.28. The summed E-state index contributed by atoms with van der Waals surface area (Å²) in [5.74, 6) is 0.535. The molecule has 1 atom stereocenters. The van der Waals surface area contributed by atoms with E-state index < -0.39 is 0 Å². The first-order valence-corrected chi connectivity index (χ1v) is 6.65. The Hall–Kier alpha value is -1.09. The van der Waals surface area contributed by atoms with Gasteiger partial charge >= 0.3 is 0 Å². The van der Waals surface area contributed by atoms with Crippen molar-refractivity contribution in [3.8, 4) is 0 Å². The van der Waals surface area contributed by atoms with Gasteiger partial charge in [0, 0.05) is 4.88 Å². The molecule has 1 unspecified atom stereocenters. The normalized spacial score (nSPS) is 18.2. The Morgan fingerprint density at radius 1 is 1.56 bits per heavy atom. The summed E-state index contributed by atoms with van der Waals surface area (Å²) < 4.78 is 0.